The fraction of sp³-hybridized carbons (Fsp3) is 0. The summed E-state index contributed by atoms with van der Waals surface area (Å²) in [6.07, 6.45) is 0. The van der Waals surface area contributed by atoms with Crippen LogP contribution in [0.15, 0.2) is 0 Å². The van der Waals surface area contributed by atoms with E-state index in [-0.39, 0.29) is 0 Å². The first-order valence-electron chi connectivity index (χ1n) is 1.94. The molecular formula is H4NO7P3+2. The second-order valence-electron chi connectivity index (χ2n) is 1.16. The van der Waals surface area contributed by atoms with Crippen LogP contribution in [0.25, 0.3) is 0 Å². The van der Waals surface area contributed by atoms with Gasteiger partial charge >= 0.3 is 24.3 Å². The summed E-state index contributed by atoms with van der Waals surface area (Å²) >= 11 is 0. The predicted molar refractivity (Wildman–Crippen MR) is 33.6 cm³/mol. The summed E-state index contributed by atoms with van der Waals surface area (Å²) in [5.41, 5.74) is 4.45. The van der Waals surface area contributed by atoms with Crippen molar-refractivity contribution in [1.29, 1.82) is 0 Å². The minimum atomic E-state index is -4.75. The molecule has 0 aliphatic heterocycles. The van der Waals surface area contributed by atoms with Crippen molar-refractivity contribution in [1.82, 2.24) is 0 Å². The predicted octanol–water partition coefficient (Wildman–Crippen LogP) is 0.386. The molecule has 0 aromatic rings. The van der Waals surface area contributed by atoms with Crippen molar-refractivity contribution < 1.29 is 32.1 Å². The van der Waals surface area contributed by atoms with E-state index in [1.165, 1.54) is 0 Å². The van der Waals surface area contributed by atoms with Gasteiger partial charge < -0.3 is 0 Å². The number of rotatable bonds is 4. The Morgan fingerprint density at radius 2 is 1.82 bits per heavy atom. The highest BCUT2D eigenvalue weighted by atomic mass is 31.3. The highest BCUT2D eigenvalue weighted by Crippen LogP contribution is 2.55. The molecule has 0 aromatic carbocycles. The molecule has 11 heavy (non-hydrogen) atoms. The van der Waals surface area contributed by atoms with Gasteiger partial charge in [0.1, 0.15) is 0 Å². The highest BCUT2D eigenvalue weighted by Gasteiger charge is 2.42. The SMILES string of the molecule is N[P+](=O)OP(=O)(O)O[P+](=O)O. The lowest BCUT2D eigenvalue weighted by atomic mass is 13.9. The lowest BCUT2D eigenvalue weighted by Crippen LogP contribution is -1.86. The van der Waals surface area contributed by atoms with Crippen molar-refractivity contribution in [2.75, 3.05) is 0 Å². The van der Waals surface area contributed by atoms with E-state index in [0.717, 1.165) is 0 Å². The molecule has 0 aliphatic carbocycles. The van der Waals surface area contributed by atoms with Crippen LogP contribution in [0.3, 0.4) is 0 Å². The van der Waals surface area contributed by atoms with Crippen molar-refractivity contribution in [3.8, 4) is 0 Å². The van der Waals surface area contributed by atoms with Crippen LogP contribution in [0, 0.1) is 0 Å². The fourth-order valence-corrected chi connectivity index (χ4v) is 2.11. The minimum Gasteiger partial charge on any atom is -0.298 e. The van der Waals surface area contributed by atoms with Gasteiger partial charge in [0.25, 0.3) is 0 Å². The Morgan fingerprint density at radius 1 is 1.36 bits per heavy atom. The molecule has 11 heteroatoms. The van der Waals surface area contributed by atoms with Gasteiger partial charge in [-0.25, -0.2) is 4.57 Å². The summed E-state index contributed by atoms with van der Waals surface area (Å²) < 4.78 is 37.1. The van der Waals surface area contributed by atoms with Crippen LogP contribution in [0.5, 0.6) is 0 Å². The van der Waals surface area contributed by atoms with E-state index in [2.05, 4.69) is 14.1 Å². The van der Waals surface area contributed by atoms with Crippen molar-refractivity contribution in [2.45, 2.75) is 0 Å². The number of hydrogen-bond acceptors (Lipinski definition) is 5. The summed E-state index contributed by atoms with van der Waals surface area (Å²) in [6, 6.07) is 0. The molecule has 3 atom stereocenters. The maximum absolute atomic E-state index is 10.3. The molecule has 0 rings (SSSR count). The third kappa shape index (κ3) is 6.62. The smallest absolute Gasteiger partial charge is 0.298 e. The van der Waals surface area contributed by atoms with E-state index >= 15 is 0 Å². The van der Waals surface area contributed by atoms with Crippen LogP contribution in [0.4, 0.5) is 0 Å². The summed E-state index contributed by atoms with van der Waals surface area (Å²) in [7, 11) is -10.9. The second kappa shape index (κ2) is 4.30. The third-order valence-electron chi connectivity index (χ3n) is 0.357. The molecule has 8 nitrogen and oxygen atoms in total. The van der Waals surface area contributed by atoms with Crippen LogP contribution in [-0.4, -0.2) is 9.79 Å². The van der Waals surface area contributed by atoms with Crippen LogP contribution >= 0.6 is 24.3 Å². The zero-order valence-electron chi connectivity index (χ0n) is 4.85. The lowest BCUT2D eigenvalue weighted by molar-refractivity contribution is 0.284. The average Bonchev–Trinajstić information content (AvgIpc) is 1.53. The van der Waals surface area contributed by atoms with E-state index in [1.54, 1.807) is 0 Å². The molecule has 0 aliphatic rings. The van der Waals surface area contributed by atoms with Crippen LogP contribution in [-0.2, 0) is 22.3 Å². The Hall–Kier alpha value is 0.230. The monoisotopic (exact) mass is 223 g/mol. The number of hydrogen-bond donors (Lipinski definition) is 3. The Morgan fingerprint density at radius 3 is 2.09 bits per heavy atom. The normalized spacial score (nSPS) is 18.8. The maximum Gasteiger partial charge on any atom is 0.705 e. The molecule has 0 radical (unpaired) electrons. The third-order valence-corrected chi connectivity index (χ3v) is 3.21. The Balaban J connectivity index is 4.12. The van der Waals surface area contributed by atoms with E-state index in [1.807, 2.05) is 0 Å². The summed E-state index contributed by atoms with van der Waals surface area (Å²) in [4.78, 5) is 16.3. The van der Waals surface area contributed by atoms with Crippen molar-refractivity contribution in [3.05, 3.63) is 0 Å². The lowest BCUT2D eigenvalue weighted by Gasteiger charge is -1.89. The summed E-state index contributed by atoms with van der Waals surface area (Å²) in [5.74, 6) is 0. The first-order chi connectivity index (χ1) is 4.83. The van der Waals surface area contributed by atoms with Crippen LogP contribution in [0.1, 0.15) is 0 Å². The van der Waals surface area contributed by atoms with Gasteiger partial charge in [0, 0.05) is 8.88 Å². The van der Waals surface area contributed by atoms with Crippen molar-refractivity contribution in [3.63, 3.8) is 0 Å². The van der Waals surface area contributed by atoms with E-state index in [9.17, 15) is 13.7 Å². The molecule has 0 saturated carbocycles. The highest BCUT2D eigenvalue weighted by molar-refractivity contribution is 7.61. The maximum atomic E-state index is 10.3. The Bertz CT molecular complexity index is 200. The fourth-order valence-electron chi connectivity index (χ4n) is 0.205. The van der Waals surface area contributed by atoms with Gasteiger partial charge in [-0.05, 0) is 8.88 Å². The van der Waals surface area contributed by atoms with Gasteiger partial charge in [0.15, 0.2) is 0 Å². The van der Waals surface area contributed by atoms with Crippen molar-refractivity contribution >= 4 is 24.3 Å². The van der Waals surface area contributed by atoms with E-state index in [4.69, 9.17) is 9.79 Å². The molecule has 0 heterocycles. The molecule has 0 bridgehead atoms. The molecule has 3 unspecified atom stereocenters. The van der Waals surface area contributed by atoms with Gasteiger partial charge in [-0.2, -0.15) is 0 Å². The molecule has 0 amide bonds. The molecule has 0 aromatic heterocycles. The van der Waals surface area contributed by atoms with Gasteiger partial charge in [0.2, 0.25) is 0 Å². The Kier molecular flexibility index (Phi) is 4.39. The van der Waals surface area contributed by atoms with E-state index in [0.29, 0.717) is 0 Å². The molecule has 0 saturated heterocycles. The molecule has 0 fully saturated rings. The largest absolute Gasteiger partial charge is 0.705 e. The van der Waals surface area contributed by atoms with E-state index < -0.39 is 24.3 Å². The van der Waals surface area contributed by atoms with Crippen molar-refractivity contribution in [2.24, 2.45) is 5.50 Å². The Labute approximate surface area is 62.8 Å². The van der Waals surface area contributed by atoms with Gasteiger partial charge in [-0.15, -0.1) is 4.89 Å². The van der Waals surface area contributed by atoms with Gasteiger partial charge in [0.05, 0.1) is 0 Å². The number of nitrogens with two attached hydrogens (primary N) is 1. The topological polar surface area (TPSA) is 136 Å². The zero-order valence-corrected chi connectivity index (χ0v) is 7.54. The summed E-state index contributed by atoms with van der Waals surface area (Å²) in [6.45, 7) is 0. The molecule has 4 N–H and O–H groups in total. The average molecular weight is 223 g/mol. The quantitative estimate of drug-likeness (QED) is 0.581. The first-order valence-corrected chi connectivity index (χ1v) is 5.81. The summed E-state index contributed by atoms with van der Waals surface area (Å²) in [5, 5.41) is 0. The van der Waals surface area contributed by atoms with Crippen LogP contribution in [0.2, 0.25) is 0 Å². The standard InChI is InChI=1S/H2NO7P3/c1-9(2)7-11(5,6)8-10(3)4/h(H2-2,1,2,3,4,5,6)/p+2. The van der Waals surface area contributed by atoms with Gasteiger partial charge in [-0.1, -0.05) is 5.50 Å². The number of phosphoric acid groups is 1. The van der Waals surface area contributed by atoms with Crippen LogP contribution < -0.4 is 5.50 Å². The molecule has 0 spiro atoms. The second-order valence-corrected chi connectivity index (χ2v) is 4.44. The first kappa shape index (κ1) is 11.2. The molecular weight excluding hydrogens is 219 g/mol. The minimum absolute atomic E-state index is 2.85. The molecule has 64 valence electrons. The zero-order chi connectivity index (χ0) is 9.07. The van der Waals surface area contributed by atoms with Gasteiger partial charge in [-0.3, -0.25) is 4.89 Å².